The lowest BCUT2D eigenvalue weighted by Gasteiger charge is -2.37. The minimum Gasteiger partial charge on any atom is -0.411 e. The third-order valence-electron chi connectivity index (χ3n) is 4.98. The Hall–Kier alpha value is -1.63. The van der Waals surface area contributed by atoms with Gasteiger partial charge in [0.15, 0.2) is 8.32 Å². The van der Waals surface area contributed by atoms with Crippen LogP contribution in [0.4, 0.5) is 0 Å². The third kappa shape index (κ3) is 4.55. The van der Waals surface area contributed by atoms with Gasteiger partial charge in [0.2, 0.25) is 0 Å². The average Bonchev–Trinajstić information content (AvgIpc) is 2.78. The molecule has 0 fully saturated rings. The summed E-state index contributed by atoms with van der Waals surface area (Å²) in [6.07, 6.45) is 8.77. The maximum atomic E-state index is 13.1. The molecule has 6 heteroatoms. The van der Waals surface area contributed by atoms with Crippen LogP contribution in [0, 0.1) is 6.92 Å². The molecule has 0 bridgehead atoms. The van der Waals surface area contributed by atoms with Crippen LogP contribution >= 0.6 is 0 Å². The molecule has 0 radical (unpaired) electrons. The molecule has 26 heavy (non-hydrogen) atoms. The molecule has 1 aromatic rings. The molecule has 0 spiro atoms. The highest BCUT2D eigenvalue weighted by Crippen LogP contribution is 2.37. The molecule has 142 valence electrons. The lowest BCUT2D eigenvalue weighted by Crippen LogP contribution is -2.42. The third-order valence-corrected chi connectivity index (χ3v) is 11.2. The largest absolute Gasteiger partial charge is 0.411 e. The molecule has 0 N–H and O–H groups in total. The van der Waals surface area contributed by atoms with Crippen molar-refractivity contribution >= 4 is 18.3 Å². The van der Waals surface area contributed by atoms with Crippen LogP contribution in [0.25, 0.3) is 0 Å². The van der Waals surface area contributed by atoms with Gasteiger partial charge < -0.3 is 4.43 Å². The van der Waals surface area contributed by atoms with Gasteiger partial charge in [-0.3, -0.25) is 0 Å². The van der Waals surface area contributed by atoms with Crippen molar-refractivity contribution < 1.29 is 12.8 Å². The summed E-state index contributed by atoms with van der Waals surface area (Å²) in [6.45, 7) is 13.0. The van der Waals surface area contributed by atoms with Gasteiger partial charge in [-0.05, 0) is 49.3 Å². The second-order valence-corrected chi connectivity index (χ2v) is 14.7. The van der Waals surface area contributed by atoms with Crippen molar-refractivity contribution in [3.8, 4) is 0 Å². The van der Waals surface area contributed by atoms with E-state index in [0.29, 0.717) is 5.70 Å². The minimum atomic E-state index is -3.68. The highest BCUT2D eigenvalue weighted by atomic mass is 32.2. The van der Waals surface area contributed by atoms with Crippen molar-refractivity contribution in [2.75, 3.05) is 6.61 Å². The van der Waals surface area contributed by atoms with E-state index >= 15 is 0 Å². The van der Waals surface area contributed by atoms with Crippen LogP contribution in [-0.2, 0) is 14.4 Å². The number of nitrogens with zero attached hydrogens (tertiary/aromatic N) is 1. The van der Waals surface area contributed by atoms with Gasteiger partial charge in [-0.1, -0.05) is 50.6 Å². The van der Waals surface area contributed by atoms with E-state index < -0.39 is 18.3 Å². The smallest absolute Gasteiger partial charge is 0.267 e. The van der Waals surface area contributed by atoms with E-state index in [0.717, 1.165) is 5.56 Å². The van der Waals surface area contributed by atoms with Crippen LogP contribution in [0.5, 0.6) is 0 Å². The van der Waals surface area contributed by atoms with Crippen LogP contribution in [0.1, 0.15) is 26.3 Å². The molecule has 0 saturated heterocycles. The molecule has 2 rings (SSSR count). The molecule has 0 atom stereocenters. The Bertz CT molecular complexity index is 829. The van der Waals surface area contributed by atoms with E-state index in [9.17, 15) is 8.42 Å². The highest BCUT2D eigenvalue weighted by Gasteiger charge is 2.38. The van der Waals surface area contributed by atoms with Crippen molar-refractivity contribution in [3.63, 3.8) is 0 Å². The quantitative estimate of drug-likeness (QED) is 0.665. The maximum Gasteiger partial charge on any atom is 0.267 e. The van der Waals surface area contributed by atoms with Crippen LogP contribution in [0.3, 0.4) is 0 Å². The normalized spacial score (nSPS) is 15.8. The van der Waals surface area contributed by atoms with E-state index in [4.69, 9.17) is 4.43 Å². The van der Waals surface area contributed by atoms with Crippen molar-refractivity contribution in [2.45, 2.75) is 50.7 Å². The molecule has 4 nitrogen and oxygen atoms in total. The summed E-state index contributed by atoms with van der Waals surface area (Å²) in [4.78, 5) is 0.271. The van der Waals surface area contributed by atoms with Crippen molar-refractivity contribution in [1.29, 1.82) is 0 Å². The Morgan fingerprint density at radius 1 is 1.04 bits per heavy atom. The number of allylic oxidation sites excluding steroid dienone is 4. The predicted molar refractivity (Wildman–Crippen MR) is 110 cm³/mol. The molecule has 0 aliphatic carbocycles. The van der Waals surface area contributed by atoms with E-state index in [1.165, 1.54) is 4.31 Å². The first kappa shape index (κ1) is 20.7. The summed E-state index contributed by atoms with van der Waals surface area (Å²) in [6, 6.07) is 6.90. The molecule has 0 aromatic heterocycles. The Labute approximate surface area is 159 Å². The summed E-state index contributed by atoms with van der Waals surface area (Å²) >= 11 is 0. The summed E-state index contributed by atoms with van der Waals surface area (Å²) in [7, 11) is -5.67. The summed E-state index contributed by atoms with van der Waals surface area (Å²) < 4.78 is 33.9. The molecule has 0 saturated carbocycles. The van der Waals surface area contributed by atoms with E-state index in [2.05, 4.69) is 33.9 Å². The fourth-order valence-electron chi connectivity index (χ4n) is 2.17. The van der Waals surface area contributed by atoms with Gasteiger partial charge in [-0.15, -0.1) is 0 Å². The summed E-state index contributed by atoms with van der Waals surface area (Å²) in [5.74, 6) is 0. The minimum absolute atomic E-state index is 0.0601. The first-order valence-electron chi connectivity index (χ1n) is 8.74. The number of hydrogen-bond donors (Lipinski definition) is 0. The van der Waals surface area contributed by atoms with Crippen LogP contribution < -0.4 is 0 Å². The Morgan fingerprint density at radius 3 is 2.23 bits per heavy atom. The lowest BCUT2D eigenvalue weighted by molar-refractivity contribution is 0.301. The second kappa shape index (κ2) is 7.54. The van der Waals surface area contributed by atoms with Crippen LogP contribution in [0.15, 0.2) is 65.4 Å². The van der Waals surface area contributed by atoms with Crippen molar-refractivity contribution in [2.24, 2.45) is 0 Å². The van der Waals surface area contributed by atoms with E-state index in [-0.39, 0.29) is 16.5 Å². The van der Waals surface area contributed by atoms with Gasteiger partial charge in [-0.25, -0.2) is 12.7 Å². The van der Waals surface area contributed by atoms with Crippen molar-refractivity contribution in [3.05, 3.63) is 66.0 Å². The first-order chi connectivity index (χ1) is 11.9. The number of hydrogen-bond acceptors (Lipinski definition) is 3. The Kier molecular flexibility index (Phi) is 6.00. The van der Waals surface area contributed by atoms with Gasteiger partial charge in [0.25, 0.3) is 10.0 Å². The average molecular weight is 392 g/mol. The van der Waals surface area contributed by atoms with Gasteiger partial charge in [-0.2, -0.15) is 0 Å². The van der Waals surface area contributed by atoms with E-state index in [1.54, 1.807) is 30.5 Å². The fraction of sp³-hybridized carbons (Fsp3) is 0.400. The lowest BCUT2D eigenvalue weighted by atomic mass is 10.2. The molecule has 1 aliphatic heterocycles. The first-order valence-corrected chi connectivity index (χ1v) is 13.1. The highest BCUT2D eigenvalue weighted by molar-refractivity contribution is 7.89. The zero-order chi connectivity index (χ0) is 19.6. The van der Waals surface area contributed by atoms with Crippen LogP contribution in [-0.4, -0.2) is 27.6 Å². The number of sulfonamides is 1. The zero-order valence-corrected chi connectivity index (χ0v) is 18.3. The number of aryl methyl sites for hydroxylation is 1. The summed E-state index contributed by atoms with van der Waals surface area (Å²) in [5, 5.41) is 0.0601. The Balaban J connectivity index is 2.32. The van der Waals surface area contributed by atoms with Gasteiger partial charge >= 0.3 is 0 Å². The summed E-state index contributed by atoms with van der Waals surface area (Å²) in [5.41, 5.74) is 1.63. The second-order valence-electron chi connectivity index (χ2n) is 8.05. The molecule has 0 amide bonds. The molecular weight excluding hydrogens is 362 g/mol. The van der Waals surface area contributed by atoms with Crippen molar-refractivity contribution in [1.82, 2.24) is 4.31 Å². The molecular formula is C20H29NO3SSi. The van der Waals surface area contributed by atoms with Gasteiger partial charge in [0.1, 0.15) is 0 Å². The number of rotatable bonds is 5. The zero-order valence-electron chi connectivity index (χ0n) is 16.5. The number of benzene rings is 1. The van der Waals surface area contributed by atoms with E-state index in [1.807, 2.05) is 31.2 Å². The Morgan fingerprint density at radius 2 is 1.65 bits per heavy atom. The molecule has 1 aliphatic rings. The monoisotopic (exact) mass is 391 g/mol. The predicted octanol–water partition coefficient (Wildman–Crippen LogP) is 4.97. The van der Waals surface area contributed by atoms with Gasteiger partial charge in [0.05, 0.1) is 17.2 Å². The van der Waals surface area contributed by atoms with Crippen LogP contribution in [0.2, 0.25) is 18.1 Å². The topological polar surface area (TPSA) is 46.6 Å². The SMILES string of the molecule is Cc1ccc(S(=O)(=O)N2C=CC=CC=C2CO[Si](C)(C)C(C)(C)C)cc1. The fourth-order valence-corrected chi connectivity index (χ4v) is 4.47. The standard InChI is InChI=1S/C20H29NO3SSi/c1-17-11-13-19(14-12-17)25(22,23)21-15-9-7-8-10-18(21)16-24-26(5,6)20(2,3)4/h7-15H,16H2,1-6H3. The van der Waals surface area contributed by atoms with Gasteiger partial charge in [0, 0.05) is 6.20 Å². The molecule has 0 unspecified atom stereocenters. The molecule has 1 aromatic carbocycles. The maximum absolute atomic E-state index is 13.1. The molecule has 1 heterocycles.